The summed E-state index contributed by atoms with van der Waals surface area (Å²) >= 11 is 0. The second-order valence-electron chi connectivity index (χ2n) is 2.73. The lowest BCUT2D eigenvalue weighted by Gasteiger charge is -1.92. The molecule has 0 atom stereocenters. The summed E-state index contributed by atoms with van der Waals surface area (Å²) < 4.78 is 1.68. The number of nitrogen functional groups attached to an aromatic ring is 2. The number of H-pyrrole nitrogens is 1. The van der Waals surface area contributed by atoms with E-state index in [0.29, 0.717) is 18.1 Å². The Morgan fingerprint density at radius 3 is 2.60 bits per heavy atom. The Bertz CT molecular complexity index is 352. The largest absolute Gasteiger partial charge is 0.394 e. The quantitative estimate of drug-likeness (QED) is 0.530. The maximum absolute atomic E-state index is 8.38. The molecule has 0 amide bonds. The van der Waals surface area contributed by atoms with Gasteiger partial charge in [-0.1, -0.05) is 0 Å². The average molecular weight is 210 g/mol. The molecule has 7 heteroatoms. The molecule has 2 heterocycles. The Morgan fingerprint density at radius 1 is 1.47 bits per heavy atom. The van der Waals surface area contributed by atoms with Crippen LogP contribution in [0, 0.1) is 0 Å². The van der Waals surface area contributed by atoms with Crippen molar-refractivity contribution in [1.82, 2.24) is 20.0 Å². The predicted molar refractivity (Wildman–Crippen MR) is 56.7 cm³/mol. The minimum atomic E-state index is 0.154. The Kier molecular flexibility index (Phi) is 4.17. The highest BCUT2D eigenvalue weighted by Crippen LogP contribution is 2.04. The molecule has 0 spiro atoms. The van der Waals surface area contributed by atoms with E-state index in [1.165, 1.54) is 6.20 Å². The Balaban J connectivity index is 0.000000151. The molecule has 6 N–H and O–H groups in total. The van der Waals surface area contributed by atoms with Crippen molar-refractivity contribution in [2.24, 2.45) is 0 Å². The third-order valence-electron chi connectivity index (χ3n) is 1.59. The lowest BCUT2D eigenvalue weighted by atomic mass is 10.6. The number of nitrogens with zero attached hydrogens (tertiary/aromatic N) is 3. The molecule has 2 rings (SSSR count). The number of aromatic amines is 1. The molecule has 0 radical (unpaired) electrons. The van der Waals surface area contributed by atoms with E-state index in [-0.39, 0.29) is 6.61 Å². The molecular formula is C8H14N6O. The summed E-state index contributed by atoms with van der Waals surface area (Å²) in [6.45, 7) is 0.745. The first-order valence-electron chi connectivity index (χ1n) is 4.36. The molecule has 0 aliphatic heterocycles. The first-order valence-corrected chi connectivity index (χ1v) is 4.36. The van der Waals surface area contributed by atoms with Gasteiger partial charge in [0.1, 0.15) is 5.82 Å². The monoisotopic (exact) mass is 210 g/mol. The van der Waals surface area contributed by atoms with E-state index in [2.05, 4.69) is 15.3 Å². The standard InChI is InChI=1S/C5H8N2O.C3H6N4/c8-5-4-7-3-1-2-6-7;4-2-1-6-7-3(2)5/h1-3,8H,4-5H2;1H,4H2,(H3,5,6,7). The number of hydrogen-bond acceptors (Lipinski definition) is 5. The lowest BCUT2D eigenvalue weighted by Crippen LogP contribution is -2.01. The van der Waals surface area contributed by atoms with Crippen molar-refractivity contribution in [1.29, 1.82) is 0 Å². The molecule has 0 aliphatic carbocycles. The third-order valence-corrected chi connectivity index (χ3v) is 1.59. The van der Waals surface area contributed by atoms with Crippen LogP contribution < -0.4 is 11.5 Å². The highest BCUT2D eigenvalue weighted by molar-refractivity contribution is 5.55. The highest BCUT2D eigenvalue weighted by atomic mass is 16.3. The minimum Gasteiger partial charge on any atom is -0.394 e. The van der Waals surface area contributed by atoms with Crippen molar-refractivity contribution in [3.63, 3.8) is 0 Å². The molecule has 82 valence electrons. The van der Waals surface area contributed by atoms with Gasteiger partial charge in [-0.2, -0.15) is 10.2 Å². The van der Waals surface area contributed by atoms with Gasteiger partial charge in [0, 0.05) is 12.4 Å². The number of aliphatic hydroxyl groups excluding tert-OH is 1. The van der Waals surface area contributed by atoms with Crippen LogP contribution >= 0.6 is 0 Å². The number of aromatic nitrogens is 4. The zero-order valence-corrected chi connectivity index (χ0v) is 8.17. The molecule has 7 nitrogen and oxygen atoms in total. The molecule has 0 saturated carbocycles. The van der Waals surface area contributed by atoms with Crippen LogP contribution in [0.4, 0.5) is 11.5 Å². The van der Waals surface area contributed by atoms with E-state index < -0.39 is 0 Å². The van der Waals surface area contributed by atoms with Gasteiger partial charge < -0.3 is 16.6 Å². The molecule has 2 aromatic rings. The van der Waals surface area contributed by atoms with Crippen molar-refractivity contribution in [3.05, 3.63) is 24.7 Å². The van der Waals surface area contributed by atoms with Gasteiger partial charge in [0.15, 0.2) is 0 Å². The smallest absolute Gasteiger partial charge is 0.142 e. The molecule has 0 bridgehead atoms. The summed E-state index contributed by atoms with van der Waals surface area (Å²) in [5.41, 5.74) is 10.9. The van der Waals surface area contributed by atoms with E-state index in [9.17, 15) is 0 Å². The van der Waals surface area contributed by atoms with Crippen molar-refractivity contribution in [2.75, 3.05) is 18.1 Å². The first-order chi connectivity index (χ1) is 7.24. The summed E-state index contributed by atoms with van der Waals surface area (Å²) in [5.74, 6) is 0.431. The Labute approximate surface area is 86.7 Å². The van der Waals surface area contributed by atoms with E-state index in [1.807, 2.05) is 12.3 Å². The molecule has 0 aliphatic rings. The fourth-order valence-corrected chi connectivity index (χ4v) is 0.841. The van der Waals surface area contributed by atoms with Crippen molar-refractivity contribution < 1.29 is 5.11 Å². The van der Waals surface area contributed by atoms with Crippen LogP contribution in [0.2, 0.25) is 0 Å². The molecule has 0 fully saturated rings. The van der Waals surface area contributed by atoms with Crippen molar-refractivity contribution >= 4 is 11.5 Å². The Morgan fingerprint density at radius 2 is 2.27 bits per heavy atom. The van der Waals surface area contributed by atoms with E-state index >= 15 is 0 Å². The minimum absolute atomic E-state index is 0.154. The molecular weight excluding hydrogens is 196 g/mol. The summed E-state index contributed by atoms with van der Waals surface area (Å²) in [7, 11) is 0. The molecule has 0 saturated heterocycles. The van der Waals surface area contributed by atoms with Crippen LogP contribution in [-0.2, 0) is 6.54 Å². The predicted octanol–water partition coefficient (Wildman–Crippen LogP) is -0.550. The average Bonchev–Trinajstić information content (AvgIpc) is 2.82. The fourth-order valence-electron chi connectivity index (χ4n) is 0.841. The van der Waals surface area contributed by atoms with Gasteiger partial charge in [-0.3, -0.25) is 9.78 Å². The molecule has 15 heavy (non-hydrogen) atoms. The molecule has 0 aromatic carbocycles. The summed E-state index contributed by atoms with van der Waals surface area (Å²) in [6.07, 6.45) is 4.97. The maximum Gasteiger partial charge on any atom is 0.142 e. The zero-order chi connectivity index (χ0) is 11.1. The summed E-state index contributed by atoms with van der Waals surface area (Å²) in [5, 5.41) is 18.3. The van der Waals surface area contributed by atoms with Gasteiger partial charge in [0.2, 0.25) is 0 Å². The van der Waals surface area contributed by atoms with E-state index in [1.54, 1.807) is 10.9 Å². The van der Waals surface area contributed by atoms with Gasteiger partial charge in [-0.15, -0.1) is 0 Å². The van der Waals surface area contributed by atoms with Crippen LogP contribution in [-0.4, -0.2) is 31.7 Å². The number of anilines is 2. The maximum atomic E-state index is 8.38. The number of aliphatic hydroxyl groups is 1. The topological polar surface area (TPSA) is 119 Å². The Hall–Kier alpha value is -2.02. The van der Waals surface area contributed by atoms with Gasteiger partial charge in [-0.25, -0.2) is 0 Å². The second-order valence-corrected chi connectivity index (χ2v) is 2.73. The van der Waals surface area contributed by atoms with Crippen LogP contribution in [0.25, 0.3) is 0 Å². The van der Waals surface area contributed by atoms with Crippen LogP contribution in [0.5, 0.6) is 0 Å². The zero-order valence-electron chi connectivity index (χ0n) is 8.17. The second kappa shape index (κ2) is 5.66. The first kappa shape index (κ1) is 11.1. The summed E-state index contributed by atoms with van der Waals surface area (Å²) in [6, 6.07) is 1.83. The lowest BCUT2D eigenvalue weighted by molar-refractivity contribution is 0.269. The van der Waals surface area contributed by atoms with Gasteiger partial charge in [0.05, 0.1) is 25.0 Å². The molecule has 2 aromatic heterocycles. The van der Waals surface area contributed by atoms with Crippen molar-refractivity contribution in [2.45, 2.75) is 6.54 Å². The highest BCUT2D eigenvalue weighted by Gasteiger charge is 1.89. The molecule has 0 unspecified atom stereocenters. The summed E-state index contributed by atoms with van der Waals surface area (Å²) in [4.78, 5) is 0. The van der Waals surface area contributed by atoms with Gasteiger partial charge in [0.25, 0.3) is 0 Å². The normalized spacial score (nSPS) is 9.40. The number of hydrogen-bond donors (Lipinski definition) is 4. The van der Waals surface area contributed by atoms with Gasteiger partial charge in [-0.05, 0) is 6.07 Å². The number of nitrogens with two attached hydrogens (primary N) is 2. The van der Waals surface area contributed by atoms with E-state index in [4.69, 9.17) is 16.6 Å². The number of nitrogens with one attached hydrogen (secondary N) is 1. The number of rotatable bonds is 2. The third kappa shape index (κ3) is 3.69. The fraction of sp³-hybridized carbons (Fsp3) is 0.250. The van der Waals surface area contributed by atoms with Crippen LogP contribution in [0.15, 0.2) is 24.7 Å². The van der Waals surface area contributed by atoms with Crippen LogP contribution in [0.3, 0.4) is 0 Å². The van der Waals surface area contributed by atoms with E-state index in [0.717, 1.165) is 0 Å². The van der Waals surface area contributed by atoms with Crippen LogP contribution in [0.1, 0.15) is 0 Å². The van der Waals surface area contributed by atoms with Crippen molar-refractivity contribution in [3.8, 4) is 0 Å². The SMILES string of the molecule is Nc1cn[nH]c1N.OCCn1cccn1. The van der Waals surface area contributed by atoms with Gasteiger partial charge >= 0.3 is 0 Å².